The van der Waals surface area contributed by atoms with E-state index < -0.39 is 11.5 Å². The van der Waals surface area contributed by atoms with Gasteiger partial charge in [0.1, 0.15) is 0 Å². The molecule has 2 unspecified atom stereocenters. The highest BCUT2D eigenvalue weighted by Gasteiger charge is 2.63. The van der Waals surface area contributed by atoms with Gasteiger partial charge in [0.15, 0.2) is 0 Å². The van der Waals surface area contributed by atoms with Crippen molar-refractivity contribution < 1.29 is 14.3 Å². The van der Waals surface area contributed by atoms with Crippen LogP contribution in [0.3, 0.4) is 0 Å². The molecular weight excluding hydrogens is 258 g/mol. The van der Waals surface area contributed by atoms with E-state index in [1.807, 2.05) is 4.90 Å². The van der Waals surface area contributed by atoms with Crippen LogP contribution in [-0.4, -0.2) is 47.7 Å². The maximum atomic E-state index is 12.8. The summed E-state index contributed by atoms with van der Waals surface area (Å²) >= 11 is 0. The Morgan fingerprint density at radius 1 is 1.50 bits per heavy atom. The van der Waals surface area contributed by atoms with E-state index in [0.717, 1.165) is 25.7 Å². The van der Waals surface area contributed by atoms with E-state index in [-0.39, 0.29) is 24.5 Å². The van der Waals surface area contributed by atoms with E-state index in [1.54, 1.807) is 13.1 Å². The highest BCUT2D eigenvalue weighted by atomic mass is 16.5. The molecule has 0 aromatic rings. The van der Waals surface area contributed by atoms with Gasteiger partial charge in [0.25, 0.3) is 5.91 Å². The van der Waals surface area contributed by atoms with Crippen LogP contribution >= 0.6 is 0 Å². The molecule has 2 aliphatic heterocycles. The lowest BCUT2D eigenvalue weighted by atomic mass is 9.89. The topological polar surface area (TPSA) is 71.0 Å². The van der Waals surface area contributed by atoms with Gasteiger partial charge in [-0.2, -0.15) is 5.10 Å². The Morgan fingerprint density at radius 3 is 2.95 bits per heavy atom. The van der Waals surface area contributed by atoms with Gasteiger partial charge in [-0.25, -0.2) is 4.79 Å². The van der Waals surface area contributed by atoms with Crippen molar-refractivity contribution in [1.82, 2.24) is 10.3 Å². The number of amides is 1. The van der Waals surface area contributed by atoms with Gasteiger partial charge in [-0.05, 0) is 19.8 Å². The summed E-state index contributed by atoms with van der Waals surface area (Å²) in [5.41, 5.74) is 1.44. The van der Waals surface area contributed by atoms with E-state index in [0.29, 0.717) is 6.54 Å². The number of likely N-dealkylation sites (tertiary alicyclic amines) is 1. The Labute approximate surface area is 118 Å². The summed E-state index contributed by atoms with van der Waals surface area (Å²) in [5.74, 6) is -0.868. The summed E-state index contributed by atoms with van der Waals surface area (Å²) in [6.07, 6.45) is 7.31. The molecule has 1 saturated carbocycles. The molecule has 3 rings (SSSR count). The molecule has 0 spiro atoms. The third kappa shape index (κ3) is 1.81. The Balaban J connectivity index is 1.83. The first-order chi connectivity index (χ1) is 9.70. The molecule has 1 amide bonds. The molecule has 20 heavy (non-hydrogen) atoms. The van der Waals surface area contributed by atoms with Crippen molar-refractivity contribution in [2.45, 2.75) is 50.6 Å². The van der Waals surface area contributed by atoms with Crippen molar-refractivity contribution in [3.63, 3.8) is 0 Å². The smallest absolute Gasteiger partial charge is 0.344 e. The van der Waals surface area contributed by atoms with Gasteiger partial charge >= 0.3 is 5.97 Å². The number of nitrogens with zero attached hydrogens (tertiary/aromatic N) is 2. The van der Waals surface area contributed by atoms with Crippen molar-refractivity contribution in [3.05, 3.63) is 0 Å². The number of carbonyl (C=O) groups excluding carboxylic acids is 2. The van der Waals surface area contributed by atoms with Gasteiger partial charge in [-0.15, -0.1) is 0 Å². The van der Waals surface area contributed by atoms with Crippen molar-refractivity contribution in [1.29, 1.82) is 0 Å². The summed E-state index contributed by atoms with van der Waals surface area (Å²) in [4.78, 5) is 27.0. The quantitative estimate of drug-likeness (QED) is 0.609. The summed E-state index contributed by atoms with van der Waals surface area (Å²) in [6.45, 7) is 2.59. The molecule has 0 radical (unpaired) electrons. The molecule has 6 heteroatoms. The predicted octanol–water partition coefficient (Wildman–Crippen LogP) is 0.668. The largest absolute Gasteiger partial charge is 0.464 e. The number of esters is 1. The molecule has 0 aromatic carbocycles. The number of fused-ring (bicyclic) bond motifs is 1. The fraction of sp³-hybridized carbons (Fsp3) is 0.786. The normalized spacial score (nSPS) is 33.1. The van der Waals surface area contributed by atoms with Crippen molar-refractivity contribution in [2.24, 2.45) is 11.0 Å². The lowest BCUT2D eigenvalue weighted by molar-refractivity contribution is -0.157. The zero-order chi connectivity index (χ0) is 14.2. The lowest BCUT2D eigenvalue weighted by Gasteiger charge is -2.32. The first kappa shape index (κ1) is 13.4. The fourth-order valence-corrected chi connectivity index (χ4v) is 3.57. The number of ether oxygens (including phenoxy) is 1. The molecule has 2 heterocycles. The molecule has 0 bridgehead atoms. The van der Waals surface area contributed by atoms with Crippen LogP contribution in [0.4, 0.5) is 0 Å². The molecule has 110 valence electrons. The molecule has 2 fully saturated rings. The second-order valence-electron chi connectivity index (χ2n) is 5.77. The molecular formula is C14H21N3O3. The van der Waals surface area contributed by atoms with Crippen LogP contribution < -0.4 is 5.43 Å². The Kier molecular flexibility index (Phi) is 3.40. The minimum atomic E-state index is -1.30. The van der Waals surface area contributed by atoms with Crippen LogP contribution in [0.25, 0.3) is 0 Å². The number of carbonyl (C=O) groups is 2. The van der Waals surface area contributed by atoms with Crippen LogP contribution in [0.5, 0.6) is 0 Å². The SMILES string of the molecule is CCOC(=O)C12NN=CC1CN(C1CCCCC1)C2=O. The molecule has 0 aromatic heterocycles. The average Bonchev–Trinajstić information content (AvgIpc) is 3.00. The van der Waals surface area contributed by atoms with Crippen molar-refractivity contribution in [3.8, 4) is 0 Å². The van der Waals surface area contributed by atoms with E-state index in [4.69, 9.17) is 4.74 Å². The molecule has 3 aliphatic rings. The van der Waals surface area contributed by atoms with Gasteiger partial charge in [0, 0.05) is 18.8 Å². The molecule has 6 nitrogen and oxygen atoms in total. The number of hydrogen-bond acceptors (Lipinski definition) is 5. The second-order valence-corrected chi connectivity index (χ2v) is 5.77. The number of hydrogen-bond donors (Lipinski definition) is 1. The molecule has 1 N–H and O–H groups in total. The standard InChI is InChI=1S/C14H21N3O3/c1-2-20-13(19)14-10(8-15-16-14)9-17(12(14)18)11-6-4-3-5-7-11/h8,10-11,16H,2-7,9H2,1H3. The molecule has 2 atom stereocenters. The number of hydrazone groups is 1. The Bertz CT molecular complexity index is 445. The first-order valence-corrected chi connectivity index (χ1v) is 7.48. The fourth-order valence-electron chi connectivity index (χ4n) is 3.57. The van der Waals surface area contributed by atoms with Gasteiger partial charge in [0.2, 0.25) is 5.54 Å². The third-order valence-corrected chi connectivity index (χ3v) is 4.66. The monoisotopic (exact) mass is 279 g/mol. The van der Waals surface area contributed by atoms with Crippen LogP contribution in [0.2, 0.25) is 0 Å². The van der Waals surface area contributed by atoms with Gasteiger partial charge in [-0.3, -0.25) is 10.2 Å². The summed E-state index contributed by atoms with van der Waals surface area (Å²) in [5, 5.41) is 3.95. The summed E-state index contributed by atoms with van der Waals surface area (Å²) in [7, 11) is 0. The number of rotatable bonds is 3. The first-order valence-electron chi connectivity index (χ1n) is 7.48. The van der Waals surface area contributed by atoms with Crippen LogP contribution in [0.15, 0.2) is 5.10 Å². The van der Waals surface area contributed by atoms with E-state index >= 15 is 0 Å². The second kappa shape index (κ2) is 5.07. The van der Waals surface area contributed by atoms with Crippen molar-refractivity contribution in [2.75, 3.05) is 13.2 Å². The summed E-state index contributed by atoms with van der Waals surface area (Å²) in [6, 6.07) is 0.267. The van der Waals surface area contributed by atoms with Crippen molar-refractivity contribution >= 4 is 18.1 Å². The van der Waals surface area contributed by atoms with Gasteiger partial charge in [0.05, 0.1) is 12.5 Å². The highest BCUT2D eigenvalue weighted by Crippen LogP contribution is 2.36. The van der Waals surface area contributed by atoms with E-state index in [9.17, 15) is 9.59 Å². The lowest BCUT2D eigenvalue weighted by Crippen LogP contribution is -2.58. The molecule has 1 aliphatic carbocycles. The van der Waals surface area contributed by atoms with E-state index in [1.165, 1.54) is 6.42 Å². The average molecular weight is 279 g/mol. The maximum Gasteiger partial charge on any atom is 0.344 e. The maximum absolute atomic E-state index is 12.8. The Morgan fingerprint density at radius 2 is 2.25 bits per heavy atom. The Hall–Kier alpha value is -1.59. The van der Waals surface area contributed by atoms with Crippen LogP contribution in [-0.2, 0) is 14.3 Å². The third-order valence-electron chi connectivity index (χ3n) is 4.66. The van der Waals surface area contributed by atoms with Gasteiger partial charge in [-0.1, -0.05) is 19.3 Å². The van der Waals surface area contributed by atoms with Gasteiger partial charge < -0.3 is 9.64 Å². The highest BCUT2D eigenvalue weighted by molar-refractivity contribution is 6.13. The predicted molar refractivity (Wildman–Crippen MR) is 73.1 cm³/mol. The van der Waals surface area contributed by atoms with Crippen LogP contribution in [0, 0.1) is 5.92 Å². The van der Waals surface area contributed by atoms with E-state index in [2.05, 4.69) is 10.5 Å². The zero-order valence-corrected chi connectivity index (χ0v) is 11.8. The zero-order valence-electron chi connectivity index (χ0n) is 11.8. The molecule has 1 saturated heterocycles. The minimum Gasteiger partial charge on any atom is -0.464 e. The summed E-state index contributed by atoms with van der Waals surface area (Å²) < 4.78 is 5.11. The number of nitrogens with one attached hydrogen (secondary N) is 1. The van der Waals surface area contributed by atoms with Crippen LogP contribution in [0.1, 0.15) is 39.0 Å². The minimum absolute atomic E-state index is 0.162.